The van der Waals surface area contributed by atoms with E-state index in [1.165, 1.54) is 32.1 Å². The Hall–Kier alpha value is -1.59. The summed E-state index contributed by atoms with van der Waals surface area (Å²) in [6, 6.07) is 10.0. The van der Waals surface area contributed by atoms with Crippen LogP contribution in [-0.2, 0) is 11.2 Å². The van der Waals surface area contributed by atoms with Gasteiger partial charge in [-0.3, -0.25) is 4.99 Å². The van der Waals surface area contributed by atoms with Crippen LogP contribution in [0.25, 0.3) is 0 Å². The van der Waals surface area contributed by atoms with Gasteiger partial charge < -0.3 is 20.5 Å². The first-order valence-corrected chi connectivity index (χ1v) is 10.1. The molecule has 1 atom stereocenters. The SMILES string of the molecule is CCNC(=NCC(O)Cc1ccccc1)NCCCOC1CCCCC1. The van der Waals surface area contributed by atoms with Crippen molar-refractivity contribution in [2.45, 2.75) is 64.1 Å². The third-order valence-corrected chi connectivity index (χ3v) is 4.64. The van der Waals surface area contributed by atoms with Crippen LogP contribution in [0, 0.1) is 0 Å². The summed E-state index contributed by atoms with van der Waals surface area (Å²) >= 11 is 0. The van der Waals surface area contributed by atoms with Crippen molar-refractivity contribution in [2.24, 2.45) is 4.99 Å². The molecular weight excluding hydrogens is 326 g/mol. The summed E-state index contributed by atoms with van der Waals surface area (Å²) in [5.74, 6) is 0.761. The molecule has 2 rings (SSSR count). The molecule has 5 heteroatoms. The van der Waals surface area contributed by atoms with E-state index in [0.29, 0.717) is 19.1 Å². The molecule has 0 bridgehead atoms. The van der Waals surface area contributed by atoms with E-state index in [0.717, 1.165) is 37.6 Å². The van der Waals surface area contributed by atoms with Gasteiger partial charge in [0, 0.05) is 26.1 Å². The van der Waals surface area contributed by atoms with Gasteiger partial charge in [-0.05, 0) is 31.7 Å². The first-order chi connectivity index (χ1) is 12.8. The standard InChI is InChI=1S/C21H35N3O2/c1-2-22-21(23-14-9-15-26-20-12-7-4-8-13-20)24-17-19(25)16-18-10-5-3-6-11-18/h3,5-6,10-11,19-20,25H,2,4,7-9,12-17H2,1H3,(H2,22,23,24). The predicted molar refractivity (Wildman–Crippen MR) is 108 cm³/mol. The van der Waals surface area contributed by atoms with Gasteiger partial charge in [0.1, 0.15) is 0 Å². The Morgan fingerprint density at radius 1 is 1.19 bits per heavy atom. The number of aliphatic hydroxyl groups excluding tert-OH is 1. The molecule has 0 amide bonds. The van der Waals surface area contributed by atoms with Crippen LogP contribution in [0.1, 0.15) is 51.0 Å². The quantitative estimate of drug-likeness (QED) is 0.341. The first kappa shape index (κ1) is 20.7. The van der Waals surface area contributed by atoms with Crippen molar-refractivity contribution in [1.82, 2.24) is 10.6 Å². The Kier molecular flexibility index (Phi) is 10.1. The maximum absolute atomic E-state index is 10.2. The summed E-state index contributed by atoms with van der Waals surface area (Å²) < 4.78 is 5.95. The van der Waals surface area contributed by atoms with Crippen LogP contribution in [0.4, 0.5) is 0 Å². The second-order valence-corrected chi connectivity index (χ2v) is 6.97. The maximum Gasteiger partial charge on any atom is 0.191 e. The molecule has 3 N–H and O–H groups in total. The lowest BCUT2D eigenvalue weighted by Crippen LogP contribution is -2.38. The van der Waals surface area contributed by atoms with E-state index in [-0.39, 0.29) is 0 Å². The molecule has 0 heterocycles. The Labute approximate surface area is 158 Å². The lowest BCUT2D eigenvalue weighted by Gasteiger charge is -2.22. The zero-order valence-corrected chi connectivity index (χ0v) is 16.1. The maximum atomic E-state index is 10.2. The van der Waals surface area contributed by atoms with Crippen LogP contribution < -0.4 is 10.6 Å². The first-order valence-electron chi connectivity index (χ1n) is 10.1. The molecule has 26 heavy (non-hydrogen) atoms. The number of ether oxygens (including phenoxy) is 1. The molecule has 1 aromatic rings. The van der Waals surface area contributed by atoms with Gasteiger partial charge >= 0.3 is 0 Å². The van der Waals surface area contributed by atoms with E-state index in [4.69, 9.17) is 4.74 Å². The van der Waals surface area contributed by atoms with Crippen molar-refractivity contribution in [2.75, 3.05) is 26.2 Å². The molecule has 0 spiro atoms. The number of benzene rings is 1. The van der Waals surface area contributed by atoms with Crippen LogP contribution in [0.2, 0.25) is 0 Å². The molecular formula is C21H35N3O2. The second kappa shape index (κ2) is 12.7. The second-order valence-electron chi connectivity index (χ2n) is 6.97. The number of aliphatic hydroxyl groups is 1. The monoisotopic (exact) mass is 361 g/mol. The fourth-order valence-electron chi connectivity index (χ4n) is 3.25. The molecule has 1 aliphatic carbocycles. The zero-order valence-electron chi connectivity index (χ0n) is 16.1. The zero-order chi connectivity index (χ0) is 18.5. The van der Waals surface area contributed by atoms with E-state index in [2.05, 4.69) is 15.6 Å². The minimum Gasteiger partial charge on any atom is -0.391 e. The Morgan fingerprint density at radius 2 is 1.96 bits per heavy atom. The summed E-state index contributed by atoms with van der Waals surface area (Å²) in [4.78, 5) is 4.50. The summed E-state index contributed by atoms with van der Waals surface area (Å²) in [6.07, 6.45) is 8.01. The molecule has 1 aliphatic rings. The van der Waals surface area contributed by atoms with Crippen molar-refractivity contribution in [3.63, 3.8) is 0 Å². The number of nitrogens with one attached hydrogen (secondary N) is 2. The van der Waals surface area contributed by atoms with Crippen LogP contribution in [0.15, 0.2) is 35.3 Å². The molecule has 146 valence electrons. The highest BCUT2D eigenvalue weighted by Gasteiger charge is 2.13. The van der Waals surface area contributed by atoms with Gasteiger partial charge in [-0.25, -0.2) is 0 Å². The number of hydrogen-bond donors (Lipinski definition) is 3. The van der Waals surface area contributed by atoms with Crippen molar-refractivity contribution >= 4 is 5.96 Å². The van der Waals surface area contributed by atoms with Crippen LogP contribution in [0.3, 0.4) is 0 Å². The van der Waals surface area contributed by atoms with Crippen molar-refractivity contribution < 1.29 is 9.84 Å². The molecule has 1 saturated carbocycles. The molecule has 1 aromatic carbocycles. The molecule has 1 fully saturated rings. The van der Waals surface area contributed by atoms with Crippen molar-refractivity contribution in [3.8, 4) is 0 Å². The molecule has 0 radical (unpaired) electrons. The van der Waals surface area contributed by atoms with Gasteiger partial charge in [-0.2, -0.15) is 0 Å². The lowest BCUT2D eigenvalue weighted by atomic mass is 9.98. The van der Waals surface area contributed by atoms with Gasteiger partial charge in [0.2, 0.25) is 0 Å². The summed E-state index contributed by atoms with van der Waals surface area (Å²) in [7, 11) is 0. The van der Waals surface area contributed by atoms with E-state index in [9.17, 15) is 5.11 Å². The summed E-state index contributed by atoms with van der Waals surface area (Å²) in [5.41, 5.74) is 1.13. The van der Waals surface area contributed by atoms with E-state index in [1.807, 2.05) is 37.3 Å². The van der Waals surface area contributed by atoms with Gasteiger partial charge in [0.25, 0.3) is 0 Å². The van der Waals surface area contributed by atoms with Gasteiger partial charge in [0.05, 0.1) is 18.8 Å². The highest BCUT2D eigenvalue weighted by Crippen LogP contribution is 2.20. The summed E-state index contributed by atoms with van der Waals surface area (Å²) in [5, 5.41) is 16.7. The van der Waals surface area contributed by atoms with Crippen LogP contribution >= 0.6 is 0 Å². The number of hydrogen-bond acceptors (Lipinski definition) is 3. The van der Waals surface area contributed by atoms with Crippen LogP contribution in [-0.4, -0.2) is 49.5 Å². The van der Waals surface area contributed by atoms with Gasteiger partial charge in [-0.15, -0.1) is 0 Å². The Morgan fingerprint density at radius 3 is 2.69 bits per heavy atom. The van der Waals surface area contributed by atoms with Crippen molar-refractivity contribution in [1.29, 1.82) is 0 Å². The third-order valence-electron chi connectivity index (χ3n) is 4.64. The number of rotatable bonds is 10. The van der Waals surface area contributed by atoms with E-state index >= 15 is 0 Å². The highest BCUT2D eigenvalue weighted by atomic mass is 16.5. The molecule has 0 saturated heterocycles. The average molecular weight is 362 g/mol. The predicted octanol–water partition coefficient (Wildman–Crippen LogP) is 2.88. The topological polar surface area (TPSA) is 65.9 Å². The number of aliphatic imine (C=N–C) groups is 1. The Balaban J connectivity index is 1.63. The van der Waals surface area contributed by atoms with Gasteiger partial charge in [-0.1, -0.05) is 49.6 Å². The molecule has 0 aromatic heterocycles. The third kappa shape index (κ3) is 8.68. The minimum atomic E-state index is -0.470. The lowest BCUT2D eigenvalue weighted by molar-refractivity contribution is 0.0277. The largest absolute Gasteiger partial charge is 0.391 e. The molecule has 5 nitrogen and oxygen atoms in total. The minimum absolute atomic E-state index is 0.392. The van der Waals surface area contributed by atoms with Crippen molar-refractivity contribution in [3.05, 3.63) is 35.9 Å². The Bertz CT molecular complexity index is 501. The fraction of sp³-hybridized carbons (Fsp3) is 0.667. The molecule has 1 unspecified atom stereocenters. The fourth-order valence-corrected chi connectivity index (χ4v) is 3.25. The summed E-state index contributed by atoms with van der Waals surface area (Å²) in [6.45, 7) is 4.87. The van der Waals surface area contributed by atoms with E-state index in [1.54, 1.807) is 0 Å². The number of nitrogens with zero attached hydrogens (tertiary/aromatic N) is 1. The van der Waals surface area contributed by atoms with E-state index < -0.39 is 6.10 Å². The van der Waals surface area contributed by atoms with Crippen LogP contribution in [0.5, 0.6) is 0 Å². The van der Waals surface area contributed by atoms with Gasteiger partial charge in [0.15, 0.2) is 5.96 Å². The number of guanidine groups is 1. The highest BCUT2D eigenvalue weighted by molar-refractivity contribution is 5.79. The normalized spacial score (nSPS) is 17.1. The average Bonchev–Trinajstić information content (AvgIpc) is 2.67. The molecule has 0 aliphatic heterocycles. The smallest absolute Gasteiger partial charge is 0.191 e.